The second-order valence-electron chi connectivity index (χ2n) is 3.85. The van der Waals surface area contributed by atoms with Crippen molar-refractivity contribution in [2.24, 2.45) is 5.41 Å². The molecule has 1 aliphatic heterocycles. The number of para-hydroxylation sites is 1. The van der Waals surface area contributed by atoms with Gasteiger partial charge in [-0.15, -0.1) is 0 Å². The molecule has 0 aromatic heterocycles. The Labute approximate surface area is 83.9 Å². The molecule has 2 heteroatoms. The minimum absolute atomic E-state index is 0.0394. The molecule has 1 aromatic carbocycles. The van der Waals surface area contributed by atoms with Crippen molar-refractivity contribution in [1.29, 1.82) is 0 Å². The Hall–Kier alpha value is -1.31. The van der Waals surface area contributed by atoms with Gasteiger partial charge in [-0.05, 0) is 32.4 Å². The first-order valence-electron chi connectivity index (χ1n) is 4.50. The highest BCUT2D eigenvalue weighted by Gasteiger charge is 2.36. The van der Waals surface area contributed by atoms with Crippen LogP contribution in [0.5, 0.6) is 5.75 Å². The zero-order valence-corrected chi connectivity index (χ0v) is 8.17. The molecule has 2 rings (SSSR count). The van der Waals surface area contributed by atoms with Gasteiger partial charge in [0.15, 0.2) is 5.78 Å². The molecule has 1 aromatic rings. The van der Waals surface area contributed by atoms with E-state index in [2.05, 4.69) is 13.8 Å². The molecule has 0 saturated carbocycles. The lowest BCUT2D eigenvalue weighted by atomic mass is 9.82. The number of fused-ring (bicyclic) bond motifs is 1. The quantitative estimate of drug-likeness (QED) is 0.624. The smallest absolute Gasteiger partial charge is 0.176 e. The van der Waals surface area contributed by atoms with Crippen molar-refractivity contribution < 1.29 is 9.53 Å². The summed E-state index contributed by atoms with van der Waals surface area (Å²) < 4.78 is 5.49. The Morgan fingerprint density at radius 3 is 2.86 bits per heavy atom. The molecule has 0 fully saturated rings. The van der Waals surface area contributed by atoms with E-state index in [1.165, 1.54) is 0 Å². The molecule has 0 atom stereocenters. The maximum atomic E-state index is 11.9. The Bertz CT molecular complexity index is 391. The van der Waals surface area contributed by atoms with E-state index in [0.717, 1.165) is 5.56 Å². The molecule has 0 saturated heterocycles. The Kier molecular flexibility index (Phi) is 1.88. The van der Waals surface area contributed by atoms with Gasteiger partial charge in [-0.25, -0.2) is 0 Å². The van der Waals surface area contributed by atoms with Crippen molar-refractivity contribution >= 4 is 5.78 Å². The fourth-order valence-corrected chi connectivity index (χ4v) is 1.58. The van der Waals surface area contributed by atoms with Crippen LogP contribution in [0.2, 0.25) is 0 Å². The minimum atomic E-state index is -0.888. The summed E-state index contributed by atoms with van der Waals surface area (Å²) in [6.07, 6.45) is 0. The van der Waals surface area contributed by atoms with Crippen molar-refractivity contribution in [3.8, 4) is 5.75 Å². The normalized spacial score (nSPS) is 18.6. The first-order chi connectivity index (χ1) is 6.52. The van der Waals surface area contributed by atoms with E-state index < -0.39 is 5.41 Å². The first-order valence-corrected chi connectivity index (χ1v) is 4.50. The lowest BCUT2D eigenvalue weighted by Crippen LogP contribution is -2.36. The zero-order valence-electron chi connectivity index (χ0n) is 8.17. The van der Waals surface area contributed by atoms with Gasteiger partial charge in [-0.3, -0.25) is 4.79 Å². The fourth-order valence-electron chi connectivity index (χ4n) is 1.58. The number of rotatable bonds is 0. The topological polar surface area (TPSA) is 26.3 Å². The van der Waals surface area contributed by atoms with E-state index >= 15 is 0 Å². The summed E-state index contributed by atoms with van der Waals surface area (Å²) in [6.45, 7) is 9.68. The number of benzene rings is 1. The summed E-state index contributed by atoms with van der Waals surface area (Å²) in [7, 11) is 0. The van der Waals surface area contributed by atoms with E-state index in [0.29, 0.717) is 11.3 Å². The third-order valence-electron chi connectivity index (χ3n) is 2.43. The van der Waals surface area contributed by atoms with Gasteiger partial charge in [0.1, 0.15) is 12.4 Å². The van der Waals surface area contributed by atoms with Gasteiger partial charge in [0.25, 0.3) is 0 Å². The number of aryl methyl sites for hydroxylation is 1. The number of hydrogen-bond donors (Lipinski definition) is 0. The van der Waals surface area contributed by atoms with Crippen LogP contribution in [-0.2, 0) is 0 Å². The van der Waals surface area contributed by atoms with Gasteiger partial charge < -0.3 is 4.74 Å². The molecule has 72 valence electrons. The average Bonchev–Trinajstić information content (AvgIpc) is 2.13. The van der Waals surface area contributed by atoms with Crippen LogP contribution in [0.1, 0.15) is 15.9 Å². The van der Waals surface area contributed by atoms with Crippen molar-refractivity contribution in [3.63, 3.8) is 0 Å². The molecule has 0 aliphatic carbocycles. The molecule has 1 aliphatic rings. The van der Waals surface area contributed by atoms with E-state index in [-0.39, 0.29) is 12.4 Å². The second-order valence-corrected chi connectivity index (χ2v) is 3.85. The van der Waals surface area contributed by atoms with Gasteiger partial charge in [0, 0.05) is 0 Å². The predicted molar refractivity (Wildman–Crippen MR) is 54.2 cm³/mol. The summed E-state index contributed by atoms with van der Waals surface area (Å²) in [5.74, 6) is 0.642. The molecule has 0 amide bonds. The number of carbonyl (C=O) groups excluding carboxylic acids is 1. The van der Waals surface area contributed by atoms with Crippen molar-refractivity contribution in [1.82, 2.24) is 0 Å². The maximum absolute atomic E-state index is 11.9. The van der Waals surface area contributed by atoms with E-state index in [9.17, 15) is 4.79 Å². The van der Waals surface area contributed by atoms with Crippen LogP contribution in [0.25, 0.3) is 0 Å². The first kappa shape index (κ1) is 9.25. The average molecular weight is 188 g/mol. The highest BCUT2D eigenvalue weighted by Crippen LogP contribution is 2.35. The molecule has 2 nitrogen and oxygen atoms in total. The van der Waals surface area contributed by atoms with Crippen LogP contribution in [0, 0.1) is 26.2 Å². The predicted octanol–water partition coefficient (Wildman–Crippen LogP) is 2.22. The van der Waals surface area contributed by atoms with Crippen LogP contribution in [-0.4, -0.2) is 12.4 Å². The molecule has 0 unspecified atom stereocenters. The van der Waals surface area contributed by atoms with Crippen molar-refractivity contribution in [3.05, 3.63) is 43.2 Å². The van der Waals surface area contributed by atoms with E-state index in [4.69, 9.17) is 4.74 Å². The standard InChI is InChI=1S/C12H12O2/c1-8-5-4-6-9-10(8)14-7-12(2,3)11(9)13/h4-6H,2-3,7H2,1H3. The van der Waals surface area contributed by atoms with Crippen molar-refractivity contribution in [2.75, 3.05) is 6.61 Å². The van der Waals surface area contributed by atoms with Gasteiger partial charge in [-0.2, -0.15) is 0 Å². The van der Waals surface area contributed by atoms with Crippen molar-refractivity contribution in [2.45, 2.75) is 6.92 Å². The van der Waals surface area contributed by atoms with Gasteiger partial charge >= 0.3 is 0 Å². The fraction of sp³-hybridized carbons (Fsp3) is 0.250. The number of carbonyl (C=O) groups is 1. The van der Waals surface area contributed by atoms with Crippen LogP contribution in [0.3, 0.4) is 0 Å². The second kappa shape index (κ2) is 2.84. The van der Waals surface area contributed by atoms with Gasteiger partial charge in [0.2, 0.25) is 0 Å². The third-order valence-corrected chi connectivity index (χ3v) is 2.43. The SMILES string of the molecule is [CH2]C1([CH2])COc2c(C)cccc2C1=O. The Balaban J connectivity index is 2.57. The third kappa shape index (κ3) is 1.22. The molecule has 0 bridgehead atoms. The zero-order chi connectivity index (χ0) is 10.3. The number of ether oxygens (including phenoxy) is 1. The summed E-state index contributed by atoms with van der Waals surface area (Å²) in [5.41, 5.74) is 0.688. The summed E-state index contributed by atoms with van der Waals surface area (Å²) in [5, 5.41) is 0. The maximum Gasteiger partial charge on any atom is 0.176 e. The van der Waals surface area contributed by atoms with E-state index in [1.54, 1.807) is 6.07 Å². The van der Waals surface area contributed by atoms with Crippen LogP contribution >= 0.6 is 0 Å². The molecular weight excluding hydrogens is 176 g/mol. The van der Waals surface area contributed by atoms with Crippen LogP contribution in [0.15, 0.2) is 18.2 Å². The van der Waals surface area contributed by atoms with E-state index in [1.807, 2.05) is 19.1 Å². The lowest BCUT2D eigenvalue weighted by molar-refractivity contribution is 0.0780. The summed E-state index contributed by atoms with van der Waals surface area (Å²) in [4.78, 5) is 11.9. The molecular formula is C12H12O2. The Morgan fingerprint density at radius 2 is 2.14 bits per heavy atom. The highest BCUT2D eigenvalue weighted by atomic mass is 16.5. The van der Waals surface area contributed by atoms with Crippen LogP contribution in [0.4, 0.5) is 0 Å². The molecule has 14 heavy (non-hydrogen) atoms. The molecule has 0 N–H and O–H groups in total. The van der Waals surface area contributed by atoms with Gasteiger partial charge in [-0.1, -0.05) is 12.1 Å². The molecule has 2 radical (unpaired) electrons. The highest BCUT2D eigenvalue weighted by molar-refractivity contribution is 6.05. The Morgan fingerprint density at radius 1 is 1.43 bits per heavy atom. The molecule has 1 heterocycles. The summed E-state index contributed by atoms with van der Waals surface area (Å²) >= 11 is 0. The number of Topliss-reactive ketones (excluding diaryl/α,β-unsaturated/α-hetero) is 1. The number of hydrogen-bond acceptors (Lipinski definition) is 2. The summed E-state index contributed by atoms with van der Waals surface area (Å²) in [6, 6.07) is 5.52. The van der Waals surface area contributed by atoms with Gasteiger partial charge in [0.05, 0.1) is 11.0 Å². The minimum Gasteiger partial charge on any atom is -0.491 e. The molecule has 0 spiro atoms. The monoisotopic (exact) mass is 188 g/mol. The largest absolute Gasteiger partial charge is 0.491 e. The van der Waals surface area contributed by atoms with Crippen LogP contribution < -0.4 is 4.74 Å². The lowest BCUT2D eigenvalue weighted by Gasteiger charge is -2.30. The number of ketones is 1.